The lowest BCUT2D eigenvalue weighted by Crippen LogP contribution is -2.25. The van der Waals surface area contributed by atoms with Crippen molar-refractivity contribution < 1.29 is 0 Å². The summed E-state index contributed by atoms with van der Waals surface area (Å²) in [5.41, 5.74) is 5.28. The molecule has 0 saturated carbocycles. The second-order valence-electron chi connectivity index (χ2n) is 7.14. The quantitative estimate of drug-likeness (QED) is 0.899. The van der Waals surface area contributed by atoms with Crippen molar-refractivity contribution in [3.63, 3.8) is 0 Å². The van der Waals surface area contributed by atoms with E-state index in [1.165, 1.54) is 16.8 Å². The first-order valence-electron chi connectivity index (χ1n) is 7.86. The molecule has 1 aliphatic rings. The lowest BCUT2D eigenvalue weighted by Gasteiger charge is -2.31. The van der Waals surface area contributed by atoms with Crippen molar-refractivity contribution in [3.05, 3.63) is 41.3 Å². The Bertz CT molecular complexity index is 638. The Kier molecular flexibility index (Phi) is 3.62. The number of fused-ring (bicyclic) bond motifs is 3. The van der Waals surface area contributed by atoms with Gasteiger partial charge in [-0.15, -0.1) is 0 Å². The van der Waals surface area contributed by atoms with Gasteiger partial charge in [0.2, 0.25) is 0 Å². The highest BCUT2D eigenvalue weighted by molar-refractivity contribution is 5.70. The van der Waals surface area contributed by atoms with Gasteiger partial charge in [0.25, 0.3) is 0 Å². The van der Waals surface area contributed by atoms with E-state index in [9.17, 15) is 0 Å². The molecule has 3 nitrogen and oxygen atoms in total. The molecule has 3 rings (SSSR count). The minimum absolute atomic E-state index is 0.165. The molecule has 0 fully saturated rings. The SMILES string of the molecule is CC(C)CNCc1nc2c([nH]1)CC(C)(C)c1ccccc1-2. The summed E-state index contributed by atoms with van der Waals surface area (Å²) in [6.45, 7) is 10.9. The standard InChI is InChI=1S/C18H25N3/c1-12(2)10-19-11-16-20-15-9-18(3,4)14-8-6-5-7-13(14)17(15)21-16/h5-8,12,19H,9-11H2,1-4H3,(H,20,21). The van der Waals surface area contributed by atoms with Crippen LogP contribution in [0.2, 0.25) is 0 Å². The Labute approximate surface area is 127 Å². The molecular formula is C18H25N3. The normalized spacial score (nSPS) is 15.9. The first-order chi connectivity index (χ1) is 9.97. The van der Waals surface area contributed by atoms with E-state index in [-0.39, 0.29) is 5.41 Å². The summed E-state index contributed by atoms with van der Waals surface area (Å²) in [4.78, 5) is 8.37. The van der Waals surface area contributed by atoms with Crippen molar-refractivity contribution in [1.82, 2.24) is 15.3 Å². The maximum absolute atomic E-state index is 4.84. The van der Waals surface area contributed by atoms with Crippen LogP contribution in [-0.4, -0.2) is 16.5 Å². The van der Waals surface area contributed by atoms with E-state index in [1.54, 1.807) is 0 Å². The van der Waals surface area contributed by atoms with Crippen molar-refractivity contribution in [1.29, 1.82) is 0 Å². The van der Waals surface area contributed by atoms with E-state index in [0.717, 1.165) is 31.0 Å². The van der Waals surface area contributed by atoms with E-state index in [1.807, 2.05) is 0 Å². The fourth-order valence-corrected chi connectivity index (χ4v) is 3.19. The molecule has 0 spiro atoms. The van der Waals surface area contributed by atoms with Crippen molar-refractivity contribution >= 4 is 0 Å². The highest BCUT2D eigenvalue weighted by Gasteiger charge is 2.32. The summed E-state index contributed by atoms with van der Waals surface area (Å²) in [5, 5.41) is 3.46. The number of hydrogen-bond donors (Lipinski definition) is 2. The second kappa shape index (κ2) is 5.30. The van der Waals surface area contributed by atoms with Gasteiger partial charge < -0.3 is 10.3 Å². The third kappa shape index (κ3) is 2.75. The van der Waals surface area contributed by atoms with Crippen LogP contribution >= 0.6 is 0 Å². The number of nitrogens with zero attached hydrogens (tertiary/aromatic N) is 1. The molecule has 0 unspecified atom stereocenters. The Morgan fingerprint density at radius 3 is 2.81 bits per heavy atom. The molecule has 1 heterocycles. The Balaban J connectivity index is 1.90. The molecule has 112 valence electrons. The number of nitrogens with one attached hydrogen (secondary N) is 2. The highest BCUT2D eigenvalue weighted by Crippen LogP contribution is 2.41. The number of imidazole rings is 1. The molecule has 1 aromatic heterocycles. The number of H-pyrrole nitrogens is 1. The number of aromatic amines is 1. The van der Waals surface area contributed by atoms with E-state index in [2.05, 4.69) is 62.3 Å². The van der Waals surface area contributed by atoms with Gasteiger partial charge in [-0.05, 0) is 29.9 Å². The number of rotatable bonds is 4. The van der Waals surface area contributed by atoms with Crippen LogP contribution in [0.3, 0.4) is 0 Å². The summed E-state index contributed by atoms with van der Waals surface area (Å²) in [7, 11) is 0. The predicted molar refractivity (Wildman–Crippen MR) is 87.3 cm³/mol. The number of benzene rings is 1. The topological polar surface area (TPSA) is 40.7 Å². The minimum Gasteiger partial charge on any atom is -0.344 e. The largest absolute Gasteiger partial charge is 0.344 e. The molecule has 1 aromatic carbocycles. The average molecular weight is 283 g/mol. The zero-order chi connectivity index (χ0) is 15.0. The van der Waals surface area contributed by atoms with Crippen LogP contribution in [0.15, 0.2) is 24.3 Å². The Morgan fingerprint density at radius 1 is 1.29 bits per heavy atom. The zero-order valence-corrected chi connectivity index (χ0v) is 13.5. The van der Waals surface area contributed by atoms with Crippen molar-refractivity contribution in [2.24, 2.45) is 5.92 Å². The van der Waals surface area contributed by atoms with Gasteiger partial charge in [0.15, 0.2) is 0 Å². The Morgan fingerprint density at radius 2 is 2.05 bits per heavy atom. The molecule has 1 aliphatic carbocycles. The van der Waals surface area contributed by atoms with Crippen LogP contribution in [0, 0.1) is 5.92 Å². The molecule has 2 N–H and O–H groups in total. The van der Waals surface area contributed by atoms with E-state index >= 15 is 0 Å². The molecule has 0 radical (unpaired) electrons. The fourth-order valence-electron chi connectivity index (χ4n) is 3.19. The number of hydrogen-bond acceptors (Lipinski definition) is 2. The van der Waals surface area contributed by atoms with Gasteiger partial charge in [-0.1, -0.05) is 52.0 Å². The third-order valence-electron chi connectivity index (χ3n) is 4.20. The minimum atomic E-state index is 0.165. The molecule has 21 heavy (non-hydrogen) atoms. The van der Waals surface area contributed by atoms with Crippen LogP contribution in [-0.2, 0) is 18.4 Å². The van der Waals surface area contributed by atoms with E-state index in [0.29, 0.717) is 5.92 Å². The van der Waals surface area contributed by atoms with Gasteiger partial charge in [-0.25, -0.2) is 4.98 Å². The molecule has 0 bridgehead atoms. The highest BCUT2D eigenvalue weighted by atomic mass is 15.0. The van der Waals surface area contributed by atoms with Crippen LogP contribution in [0.4, 0.5) is 0 Å². The first kappa shape index (κ1) is 14.3. The van der Waals surface area contributed by atoms with Gasteiger partial charge in [-0.2, -0.15) is 0 Å². The lowest BCUT2D eigenvalue weighted by atomic mass is 9.73. The average Bonchev–Trinajstić information content (AvgIpc) is 2.80. The molecular weight excluding hydrogens is 258 g/mol. The van der Waals surface area contributed by atoms with E-state index < -0.39 is 0 Å². The maximum Gasteiger partial charge on any atom is 0.121 e. The van der Waals surface area contributed by atoms with Crippen LogP contribution < -0.4 is 5.32 Å². The van der Waals surface area contributed by atoms with Gasteiger partial charge in [0, 0.05) is 11.3 Å². The molecule has 0 aliphatic heterocycles. The van der Waals surface area contributed by atoms with Crippen molar-refractivity contribution in [2.45, 2.75) is 46.1 Å². The lowest BCUT2D eigenvalue weighted by molar-refractivity contribution is 0.509. The van der Waals surface area contributed by atoms with Crippen molar-refractivity contribution in [3.8, 4) is 11.3 Å². The summed E-state index contributed by atoms with van der Waals surface area (Å²) in [5.74, 6) is 1.71. The molecule has 0 saturated heterocycles. The van der Waals surface area contributed by atoms with Gasteiger partial charge >= 0.3 is 0 Å². The summed E-state index contributed by atoms with van der Waals surface area (Å²) in [6, 6.07) is 8.67. The van der Waals surface area contributed by atoms with Gasteiger partial charge in [-0.3, -0.25) is 0 Å². The molecule has 2 aromatic rings. The summed E-state index contributed by atoms with van der Waals surface area (Å²) >= 11 is 0. The molecule has 0 amide bonds. The maximum atomic E-state index is 4.84. The summed E-state index contributed by atoms with van der Waals surface area (Å²) in [6.07, 6.45) is 1.02. The predicted octanol–water partition coefficient (Wildman–Crippen LogP) is 3.66. The van der Waals surface area contributed by atoms with Gasteiger partial charge in [0.05, 0.1) is 12.2 Å². The summed E-state index contributed by atoms with van der Waals surface area (Å²) < 4.78 is 0. The Hall–Kier alpha value is -1.61. The van der Waals surface area contributed by atoms with Crippen LogP contribution in [0.25, 0.3) is 11.3 Å². The van der Waals surface area contributed by atoms with Crippen LogP contribution in [0.1, 0.15) is 44.8 Å². The molecule has 0 atom stereocenters. The number of aromatic nitrogens is 2. The fraction of sp³-hybridized carbons (Fsp3) is 0.500. The monoisotopic (exact) mass is 283 g/mol. The van der Waals surface area contributed by atoms with Gasteiger partial charge in [0.1, 0.15) is 5.82 Å². The van der Waals surface area contributed by atoms with Crippen molar-refractivity contribution in [2.75, 3.05) is 6.54 Å². The third-order valence-corrected chi connectivity index (χ3v) is 4.20. The zero-order valence-electron chi connectivity index (χ0n) is 13.5. The second-order valence-corrected chi connectivity index (χ2v) is 7.14. The first-order valence-corrected chi connectivity index (χ1v) is 7.86. The van der Waals surface area contributed by atoms with Crippen LogP contribution in [0.5, 0.6) is 0 Å². The molecule has 3 heteroatoms. The smallest absolute Gasteiger partial charge is 0.121 e. The van der Waals surface area contributed by atoms with E-state index in [4.69, 9.17) is 4.98 Å².